The molecule has 1 atom stereocenters. The molecule has 0 fully saturated rings. The summed E-state index contributed by atoms with van der Waals surface area (Å²) in [7, 11) is 3.98. The molecule has 0 saturated heterocycles. The molecule has 3 N–H and O–H groups in total. The smallest absolute Gasteiger partial charge is 0.125 e. The zero-order valence-corrected chi connectivity index (χ0v) is 13.2. The Hall–Kier alpha value is -0.620. The van der Waals surface area contributed by atoms with Gasteiger partial charge in [-0.2, -0.15) is 5.10 Å². The number of likely N-dealkylation sites (N-methyl/N-ethyl adjacent to an activating group) is 1. The van der Waals surface area contributed by atoms with Crippen LogP contribution < -0.4 is 5.73 Å². The van der Waals surface area contributed by atoms with Crippen molar-refractivity contribution in [2.24, 2.45) is 11.1 Å². The van der Waals surface area contributed by atoms with Gasteiger partial charge in [0.1, 0.15) is 5.60 Å². The first-order chi connectivity index (χ1) is 8.63. The number of aliphatic hydroxyl groups is 1. The van der Waals surface area contributed by atoms with Crippen molar-refractivity contribution < 1.29 is 5.11 Å². The van der Waals surface area contributed by atoms with Crippen molar-refractivity contribution in [1.82, 2.24) is 14.7 Å². The van der Waals surface area contributed by atoms with Crippen LogP contribution in [0.5, 0.6) is 0 Å². The van der Waals surface area contributed by atoms with Gasteiger partial charge in [0.05, 0.1) is 23.5 Å². The molecule has 1 unspecified atom stereocenters. The lowest BCUT2D eigenvalue weighted by Crippen LogP contribution is -2.48. The van der Waals surface area contributed by atoms with Gasteiger partial charge in [-0.05, 0) is 19.5 Å². The number of halogens is 1. The molecule has 1 heterocycles. The van der Waals surface area contributed by atoms with E-state index in [2.05, 4.69) is 10.00 Å². The molecule has 0 aliphatic heterocycles. The minimum atomic E-state index is -1.20. The number of hydrogen-bond acceptors (Lipinski definition) is 4. The van der Waals surface area contributed by atoms with E-state index in [0.29, 0.717) is 17.3 Å². The molecule has 0 aliphatic rings. The predicted octanol–water partition coefficient (Wildman–Crippen LogP) is 1.29. The Labute approximate surface area is 120 Å². The first-order valence-corrected chi connectivity index (χ1v) is 6.80. The van der Waals surface area contributed by atoms with Gasteiger partial charge in [-0.3, -0.25) is 4.68 Å². The summed E-state index contributed by atoms with van der Waals surface area (Å²) in [5.41, 5.74) is 4.79. The molecule has 0 aliphatic carbocycles. The van der Waals surface area contributed by atoms with Crippen molar-refractivity contribution in [3.05, 3.63) is 16.9 Å². The Balaban J connectivity index is 3.21. The minimum absolute atomic E-state index is 0.101. The maximum atomic E-state index is 11.0. The molecule has 0 radical (unpaired) electrons. The SMILES string of the molecule is CN(C)CCn1ncc(Cl)c1C(O)(CN)C(C)(C)C. The minimum Gasteiger partial charge on any atom is -0.382 e. The highest BCUT2D eigenvalue weighted by molar-refractivity contribution is 6.31. The van der Waals surface area contributed by atoms with Crippen LogP contribution in [0, 0.1) is 5.41 Å². The number of rotatable bonds is 5. The fourth-order valence-electron chi connectivity index (χ4n) is 2.00. The van der Waals surface area contributed by atoms with Gasteiger partial charge in [-0.15, -0.1) is 0 Å². The summed E-state index contributed by atoms with van der Waals surface area (Å²) >= 11 is 6.22. The lowest BCUT2D eigenvalue weighted by Gasteiger charge is -2.40. The third kappa shape index (κ3) is 3.28. The zero-order chi connectivity index (χ0) is 14.8. The second-order valence-corrected chi connectivity index (χ2v) is 6.59. The Kier molecular flexibility index (Phi) is 5.01. The van der Waals surface area contributed by atoms with Crippen molar-refractivity contribution in [1.29, 1.82) is 0 Å². The average Bonchev–Trinajstić information content (AvgIpc) is 2.65. The molecular formula is C13H25ClN4O. The largest absolute Gasteiger partial charge is 0.382 e. The Bertz CT molecular complexity index is 425. The van der Waals surface area contributed by atoms with E-state index in [4.69, 9.17) is 17.3 Å². The standard InChI is InChI=1S/C13H25ClN4O/c1-12(2,3)13(19,9-15)11-10(14)8-16-18(11)7-6-17(4)5/h8,19H,6-7,9,15H2,1-5H3. The van der Waals surface area contributed by atoms with E-state index in [1.165, 1.54) is 0 Å². The normalized spacial score (nSPS) is 15.8. The average molecular weight is 289 g/mol. The van der Waals surface area contributed by atoms with Crippen LogP contribution in [-0.2, 0) is 12.1 Å². The summed E-state index contributed by atoms with van der Waals surface area (Å²) in [6.07, 6.45) is 1.57. The molecule has 0 bridgehead atoms. The van der Waals surface area contributed by atoms with Crippen LogP contribution in [0.25, 0.3) is 0 Å². The van der Waals surface area contributed by atoms with E-state index >= 15 is 0 Å². The molecule has 1 aromatic heterocycles. The van der Waals surface area contributed by atoms with E-state index in [0.717, 1.165) is 6.54 Å². The summed E-state index contributed by atoms with van der Waals surface area (Å²) in [4.78, 5) is 2.05. The maximum Gasteiger partial charge on any atom is 0.125 e. The Morgan fingerprint density at radius 3 is 2.42 bits per heavy atom. The van der Waals surface area contributed by atoms with Gasteiger partial charge in [0, 0.05) is 13.1 Å². The van der Waals surface area contributed by atoms with Crippen molar-refractivity contribution >= 4 is 11.6 Å². The van der Waals surface area contributed by atoms with Crippen LogP contribution in [-0.4, -0.2) is 47.0 Å². The molecular weight excluding hydrogens is 264 g/mol. The number of nitrogens with zero attached hydrogens (tertiary/aromatic N) is 3. The van der Waals surface area contributed by atoms with Gasteiger partial charge in [-0.1, -0.05) is 32.4 Å². The van der Waals surface area contributed by atoms with Gasteiger partial charge in [0.2, 0.25) is 0 Å². The summed E-state index contributed by atoms with van der Waals surface area (Å²) in [5.74, 6) is 0. The molecule has 0 saturated carbocycles. The third-order valence-corrected chi connectivity index (χ3v) is 3.76. The summed E-state index contributed by atoms with van der Waals surface area (Å²) < 4.78 is 1.75. The Morgan fingerprint density at radius 1 is 1.42 bits per heavy atom. The van der Waals surface area contributed by atoms with E-state index < -0.39 is 11.0 Å². The van der Waals surface area contributed by atoms with Crippen LogP contribution in [0.3, 0.4) is 0 Å². The van der Waals surface area contributed by atoms with E-state index in [1.54, 1.807) is 10.9 Å². The molecule has 0 amide bonds. The number of hydrogen-bond donors (Lipinski definition) is 2. The van der Waals surface area contributed by atoms with Crippen LogP contribution in [0.4, 0.5) is 0 Å². The first kappa shape index (κ1) is 16.4. The predicted molar refractivity (Wildman–Crippen MR) is 78.2 cm³/mol. The molecule has 19 heavy (non-hydrogen) atoms. The lowest BCUT2D eigenvalue weighted by molar-refractivity contribution is -0.0627. The van der Waals surface area contributed by atoms with E-state index in [-0.39, 0.29) is 6.54 Å². The maximum absolute atomic E-state index is 11.0. The second-order valence-electron chi connectivity index (χ2n) is 6.18. The molecule has 5 nitrogen and oxygen atoms in total. The van der Waals surface area contributed by atoms with Gasteiger partial charge in [0.15, 0.2) is 0 Å². The number of nitrogens with two attached hydrogens (primary N) is 1. The molecule has 0 aromatic carbocycles. The summed E-state index contributed by atoms with van der Waals surface area (Å²) in [6, 6.07) is 0. The van der Waals surface area contributed by atoms with Gasteiger partial charge in [-0.25, -0.2) is 0 Å². The number of aromatic nitrogens is 2. The van der Waals surface area contributed by atoms with Gasteiger partial charge < -0.3 is 15.7 Å². The molecule has 0 spiro atoms. The monoisotopic (exact) mass is 288 g/mol. The third-order valence-electron chi connectivity index (χ3n) is 3.48. The van der Waals surface area contributed by atoms with Crippen LogP contribution >= 0.6 is 11.6 Å². The molecule has 6 heteroatoms. The van der Waals surface area contributed by atoms with Crippen molar-refractivity contribution in [3.8, 4) is 0 Å². The highest BCUT2D eigenvalue weighted by Gasteiger charge is 2.44. The second kappa shape index (κ2) is 5.79. The lowest BCUT2D eigenvalue weighted by atomic mass is 9.74. The van der Waals surface area contributed by atoms with E-state index in [9.17, 15) is 5.11 Å². The summed E-state index contributed by atoms with van der Waals surface area (Å²) in [5, 5.41) is 15.7. The van der Waals surface area contributed by atoms with Crippen molar-refractivity contribution in [3.63, 3.8) is 0 Å². The van der Waals surface area contributed by atoms with Gasteiger partial charge in [0.25, 0.3) is 0 Å². The quantitative estimate of drug-likeness (QED) is 0.857. The highest BCUT2D eigenvalue weighted by atomic mass is 35.5. The Morgan fingerprint density at radius 2 is 2.00 bits per heavy atom. The van der Waals surface area contributed by atoms with Crippen molar-refractivity contribution in [2.45, 2.75) is 32.9 Å². The molecule has 110 valence electrons. The van der Waals surface area contributed by atoms with Crippen LogP contribution in [0.1, 0.15) is 26.5 Å². The van der Waals surface area contributed by atoms with E-state index in [1.807, 2.05) is 34.9 Å². The fourth-order valence-corrected chi connectivity index (χ4v) is 2.29. The molecule has 1 aromatic rings. The zero-order valence-electron chi connectivity index (χ0n) is 12.4. The van der Waals surface area contributed by atoms with Crippen LogP contribution in [0.2, 0.25) is 5.02 Å². The van der Waals surface area contributed by atoms with Crippen molar-refractivity contribution in [2.75, 3.05) is 27.2 Å². The molecule has 1 rings (SSSR count). The topological polar surface area (TPSA) is 67.3 Å². The highest BCUT2D eigenvalue weighted by Crippen LogP contribution is 2.41. The van der Waals surface area contributed by atoms with Gasteiger partial charge >= 0.3 is 0 Å². The summed E-state index contributed by atoms with van der Waals surface area (Å²) in [6.45, 7) is 7.41. The van der Waals surface area contributed by atoms with Crippen LogP contribution in [0.15, 0.2) is 6.20 Å². The first-order valence-electron chi connectivity index (χ1n) is 6.42. The fraction of sp³-hybridized carbons (Fsp3) is 0.769.